The first-order chi connectivity index (χ1) is 13.4. The van der Waals surface area contributed by atoms with E-state index >= 15 is 0 Å². The average Bonchev–Trinajstić information content (AvgIpc) is 3.05. The van der Waals surface area contributed by atoms with E-state index in [1.807, 2.05) is 38.1 Å². The Morgan fingerprint density at radius 3 is 2.57 bits per heavy atom. The quantitative estimate of drug-likeness (QED) is 0.375. The molecule has 0 atom stereocenters. The first-order valence-corrected chi connectivity index (χ1v) is 9.03. The van der Waals surface area contributed by atoms with Crippen LogP contribution in [0.15, 0.2) is 39.0 Å². The molecule has 9 nitrogen and oxygen atoms in total. The van der Waals surface area contributed by atoms with Crippen LogP contribution in [0.25, 0.3) is 11.2 Å². The molecule has 0 aliphatic rings. The van der Waals surface area contributed by atoms with Crippen molar-refractivity contribution in [3.05, 3.63) is 56.2 Å². The maximum atomic E-state index is 12.7. The van der Waals surface area contributed by atoms with Crippen LogP contribution >= 0.6 is 0 Å². The Morgan fingerprint density at radius 2 is 1.89 bits per heavy atom. The third-order valence-corrected chi connectivity index (χ3v) is 4.47. The lowest BCUT2D eigenvalue weighted by Crippen LogP contribution is -2.37. The zero-order valence-corrected chi connectivity index (χ0v) is 16.5. The molecule has 2 heterocycles. The van der Waals surface area contributed by atoms with E-state index in [-0.39, 0.29) is 0 Å². The lowest BCUT2D eigenvalue weighted by atomic mass is 10.2. The SMILES string of the molecule is CCOCCn1c(NN=Cc2ccc(C)cc2)nc2c1c(=O)n(C)c(=O)n2C. The number of imidazole rings is 1. The Morgan fingerprint density at radius 1 is 1.18 bits per heavy atom. The smallest absolute Gasteiger partial charge is 0.332 e. The van der Waals surface area contributed by atoms with Crippen LogP contribution in [-0.4, -0.2) is 38.1 Å². The molecule has 1 N–H and O–H groups in total. The summed E-state index contributed by atoms with van der Waals surface area (Å²) in [7, 11) is 3.04. The van der Waals surface area contributed by atoms with Crippen molar-refractivity contribution >= 4 is 23.3 Å². The third-order valence-electron chi connectivity index (χ3n) is 4.47. The van der Waals surface area contributed by atoms with Gasteiger partial charge in [-0.2, -0.15) is 10.1 Å². The molecule has 28 heavy (non-hydrogen) atoms. The van der Waals surface area contributed by atoms with Crippen LogP contribution in [0.3, 0.4) is 0 Å². The zero-order valence-electron chi connectivity index (χ0n) is 16.5. The van der Waals surface area contributed by atoms with Gasteiger partial charge in [0.15, 0.2) is 11.2 Å². The Bertz CT molecular complexity index is 1120. The van der Waals surface area contributed by atoms with Gasteiger partial charge in [0, 0.05) is 27.2 Å². The second-order valence-corrected chi connectivity index (χ2v) is 6.44. The fourth-order valence-corrected chi connectivity index (χ4v) is 2.87. The summed E-state index contributed by atoms with van der Waals surface area (Å²) in [6, 6.07) is 7.91. The Labute approximate surface area is 161 Å². The van der Waals surface area contributed by atoms with Gasteiger partial charge in [0.1, 0.15) is 0 Å². The van der Waals surface area contributed by atoms with Gasteiger partial charge in [-0.3, -0.25) is 13.9 Å². The van der Waals surface area contributed by atoms with Gasteiger partial charge in [0.25, 0.3) is 5.56 Å². The molecule has 0 fully saturated rings. The normalized spacial score (nSPS) is 11.6. The fourth-order valence-electron chi connectivity index (χ4n) is 2.87. The summed E-state index contributed by atoms with van der Waals surface area (Å²) < 4.78 is 9.54. The maximum Gasteiger partial charge on any atom is 0.332 e. The number of nitrogens with one attached hydrogen (secondary N) is 1. The van der Waals surface area contributed by atoms with Crippen molar-refractivity contribution in [2.45, 2.75) is 20.4 Å². The Balaban J connectivity index is 2.02. The second-order valence-electron chi connectivity index (χ2n) is 6.44. The number of rotatable bonds is 7. The van der Waals surface area contributed by atoms with E-state index in [9.17, 15) is 9.59 Å². The molecule has 0 amide bonds. The topological polar surface area (TPSA) is 95.4 Å². The minimum absolute atomic E-state index is 0.303. The van der Waals surface area contributed by atoms with Crippen LogP contribution in [0.1, 0.15) is 18.1 Å². The lowest BCUT2D eigenvalue weighted by Gasteiger charge is -2.09. The summed E-state index contributed by atoms with van der Waals surface area (Å²) in [5.41, 5.74) is 4.78. The van der Waals surface area contributed by atoms with E-state index in [2.05, 4.69) is 15.5 Å². The van der Waals surface area contributed by atoms with Gasteiger partial charge < -0.3 is 9.30 Å². The van der Waals surface area contributed by atoms with Gasteiger partial charge in [-0.05, 0) is 19.4 Å². The highest BCUT2D eigenvalue weighted by atomic mass is 16.5. The predicted molar refractivity (Wildman–Crippen MR) is 109 cm³/mol. The van der Waals surface area contributed by atoms with E-state index < -0.39 is 11.2 Å². The molecule has 0 radical (unpaired) electrons. The fraction of sp³-hybridized carbons (Fsp3) is 0.368. The van der Waals surface area contributed by atoms with Gasteiger partial charge in [-0.25, -0.2) is 10.2 Å². The van der Waals surface area contributed by atoms with Gasteiger partial charge >= 0.3 is 5.69 Å². The molecule has 2 aromatic heterocycles. The summed E-state index contributed by atoms with van der Waals surface area (Å²) in [6.07, 6.45) is 1.67. The van der Waals surface area contributed by atoms with Crippen molar-refractivity contribution in [2.75, 3.05) is 18.6 Å². The number of ether oxygens (including phenoxy) is 1. The van der Waals surface area contributed by atoms with Gasteiger partial charge in [-0.1, -0.05) is 29.8 Å². The number of aromatic nitrogens is 4. The van der Waals surface area contributed by atoms with Crippen LogP contribution in [0, 0.1) is 6.92 Å². The molecule has 3 rings (SSSR count). The highest BCUT2D eigenvalue weighted by Gasteiger charge is 2.18. The summed E-state index contributed by atoms with van der Waals surface area (Å²) in [4.78, 5) is 29.3. The number of fused-ring (bicyclic) bond motifs is 1. The van der Waals surface area contributed by atoms with Crippen molar-refractivity contribution in [1.29, 1.82) is 0 Å². The molecule has 0 aliphatic carbocycles. The highest BCUT2D eigenvalue weighted by molar-refractivity contribution is 5.80. The van der Waals surface area contributed by atoms with E-state index in [0.29, 0.717) is 36.9 Å². The van der Waals surface area contributed by atoms with Gasteiger partial charge in [0.2, 0.25) is 5.95 Å². The van der Waals surface area contributed by atoms with Crippen molar-refractivity contribution < 1.29 is 4.74 Å². The van der Waals surface area contributed by atoms with Gasteiger partial charge in [-0.15, -0.1) is 0 Å². The van der Waals surface area contributed by atoms with Crippen LogP contribution in [0.4, 0.5) is 5.95 Å². The molecular weight excluding hydrogens is 360 g/mol. The third kappa shape index (κ3) is 3.74. The summed E-state index contributed by atoms with van der Waals surface area (Å²) >= 11 is 0. The number of anilines is 1. The van der Waals surface area contributed by atoms with Crippen LogP contribution in [0.5, 0.6) is 0 Å². The number of hydrogen-bond acceptors (Lipinski definition) is 6. The molecule has 1 aromatic carbocycles. The molecule has 9 heteroatoms. The largest absolute Gasteiger partial charge is 0.380 e. The van der Waals surface area contributed by atoms with Gasteiger partial charge in [0.05, 0.1) is 12.8 Å². The summed E-state index contributed by atoms with van der Waals surface area (Å²) in [5, 5.41) is 4.23. The zero-order chi connectivity index (χ0) is 20.3. The van der Waals surface area contributed by atoms with Crippen LogP contribution in [-0.2, 0) is 25.4 Å². The molecule has 3 aromatic rings. The monoisotopic (exact) mass is 384 g/mol. The minimum atomic E-state index is -0.429. The minimum Gasteiger partial charge on any atom is -0.380 e. The average molecular weight is 384 g/mol. The summed E-state index contributed by atoms with van der Waals surface area (Å²) in [5.74, 6) is 0.372. The van der Waals surface area contributed by atoms with Crippen molar-refractivity contribution in [1.82, 2.24) is 18.7 Å². The number of hydrazone groups is 1. The molecule has 0 spiro atoms. The molecule has 0 unspecified atom stereocenters. The first kappa shape index (κ1) is 19.6. The van der Waals surface area contributed by atoms with E-state index in [1.165, 1.54) is 17.2 Å². The summed E-state index contributed by atoms with van der Waals surface area (Å²) in [6.45, 7) is 5.30. The lowest BCUT2D eigenvalue weighted by molar-refractivity contribution is 0.140. The van der Waals surface area contributed by atoms with Crippen LogP contribution < -0.4 is 16.7 Å². The first-order valence-electron chi connectivity index (χ1n) is 9.03. The van der Waals surface area contributed by atoms with Crippen molar-refractivity contribution in [3.8, 4) is 0 Å². The molecular formula is C19H24N6O3. The van der Waals surface area contributed by atoms with E-state index in [0.717, 1.165) is 10.1 Å². The molecule has 0 aliphatic heterocycles. The molecule has 148 valence electrons. The molecule has 0 bridgehead atoms. The molecule has 0 saturated carbocycles. The highest BCUT2D eigenvalue weighted by Crippen LogP contribution is 2.15. The Kier molecular flexibility index (Phi) is 5.74. The molecule has 0 saturated heterocycles. The number of nitrogens with zero attached hydrogens (tertiary/aromatic N) is 5. The Hall–Kier alpha value is -3.20. The van der Waals surface area contributed by atoms with Crippen molar-refractivity contribution in [3.63, 3.8) is 0 Å². The predicted octanol–water partition coefficient (Wildman–Crippen LogP) is 1.22. The van der Waals surface area contributed by atoms with Crippen LogP contribution in [0.2, 0.25) is 0 Å². The van der Waals surface area contributed by atoms with Crippen molar-refractivity contribution in [2.24, 2.45) is 19.2 Å². The standard InChI is InChI=1S/C19H24N6O3/c1-5-28-11-10-25-15-16(23(3)19(27)24(4)17(15)26)21-18(25)22-20-12-14-8-6-13(2)7-9-14/h6-9,12H,5,10-11H2,1-4H3,(H,21,22). The number of benzene rings is 1. The van der Waals surface area contributed by atoms with E-state index in [4.69, 9.17) is 4.74 Å². The second kappa shape index (κ2) is 8.22. The maximum absolute atomic E-state index is 12.7. The number of aryl methyl sites for hydroxylation is 2. The number of hydrogen-bond donors (Lipinski definition) is 1. The van der Waals surface area contributed by atoms with E-state index in [1.54, 1.807) is 17.8 Å².